The zero-order valence-corrected chi connectivity index (χ0v) is 16.9. The number of rotatable bonds is 6. The molecule has 1 amide bonds. The molecule has 2 heterocycles. The van der Waals surface area contributed by atoms with E-state index >= 15 is 0 Å². The standard InChI is InChI=1S/C21H22N4O5/c1-27-14-6-4-13(5-7-14)19-11-25-17(12-30-19)20(23-24-25)21(26)22-16-9-8-15(28-2)10-18(16)29-3/h4-10,19H,11-12H2,1-3H3,(H,22,26)/t19-/m1/s1. The van der Waals surface area contributed by atoms with Crippen molar-refractivity contribution in [2.75, 3.05) is 26.6 Å². The summed E-state index contributed by atoms with van der Waals surface area (Å²) in [6, 6.07) is 12.8. The Morgan fingerprint density at radius 1 is 1.07 bits per heavy atom. The molecule has 30 heavy (non-hydrogen) atoms. The van der Waals surface area contributed by atoms with Crippen LogP contribution >= 0.6 is 0 Å². The topological polar surface area (TPSA) is 96.7 Å². The third-order valence-corrected chi connectivity index (χ3v) is 4.96. The summed E-state index contributed by atoms with van der Waals surface area (Å²) in [4.78, 5) is 12.8. The molecule has 0 saturated heterocycles. The minimum atomic E-state index is -0.383. The Labute approximate surface area is 173 Å². The van der Waals surface area contributed by atoms with Gasteiger partial charge in [-0.3, -0.25) is 4.79 Å². The number of fused-ring (bicyclic) bond motifs is 1. The lowest BCUT2D eigenvalue weighted by Gasteiger charge is -2.24. The maximum absolute atomic E-state index is 12.8. The van der Waals surface area contributed by atoms with Gasteiger partial charge >= 0.3 is 0 Å². The summed E-state index contributed by atoms with van der Waals surface area (Å²) in [5.74, 6) is 1.51. The van der Waals surface area contributed by atoms with Crippen LogP contribution in [0.3, 0.4) is 0 Å². The van der Waals surface area contributed by atoms with Gasteiger partial charge in [0, 0.05) is 6.07 Å². The fourth-order valence-electron chi connectivity index (χ4n) is 3.29. The van der Waals surface area contributed by atoms with Gasteiger partial charge in [0.2, 0.25) is 0 Å². The molecule has 0 radical (unpaired) electrons. The average molecular weight is 410 g/mol. The average Bonchev–Trinajstić information content (AvgIpc) is 3.22. The van der Waals surface area contributed by atoms with Crippen molar-refractivity contribution in [2.24, 2.45) is 0 Å². The second-order valence-electron chi connectivity index (χ2n) is 6.66. The monoisotopic (exact) mass is 410 g/mol. The lowest BCUT2D eigenvalue weighted by Crippen LogP contribution is -2.24. The van der Waals surface area contributed by atoms with E-state index in [0.29, 0.717) is 29.4 Å². The van der Waals surface area contributed by atoms with Crippen molar-refractivity contribution in [1.82, 2.24) is 15.0 Å². The summed E-state index contributed by atoms with van der Waals surface area (Å²) in [5.41, 5.74) is 2.37. The number of methoxy groups -OCH3 is 3. The molecule has 1 N–H and O–H groups in total. The molecule has 0 spiro atoms. The molecule has 0 fully saturated rings. The molecule has 2 aromatic carbocycles. The van der Waals surface area contributed by atoms with Crippen LogP contribution in [-0.2, 0) is 17.9 Å². The zero-order chi connectivity index (χ0) is 21.1. The van der Waals surface area contributed by atoms with Crippen molar-refractivity contribution in [3.63, 3.8) is 0 Å². The molecule has 0 aliphatic carbocycles. The molecule has 156 valence electrons. The van der Waals surface area contributed by atoms with E-state index < -0.39 is 0 Å². The molecule has 1 aliphatic heterocycles. The molecule has 4 rings (SSSR count). The van der Waals surface area contributed by atoms with Gasteiger partial charge in [-0.2, -0.15) is 0 Å². The SMILES string of the molecule is COc1ccc([C@H]2Cn3nnc(C(=O)Nc4ccc(OC)cc4OC)c3CO2)cc1. The van der Waals surface area contributed by atoms with E-state index in [1.807, 2.05) is 24.3 Å². The summed E-state index contributed by atoms with van der Waals surface area (Å²) in [7, 11) is 4.72. The molecular weight excluding hydrogens is 388 g/mol. The van der Waals surface area contributed by atoms with Gasteiger partial charge < -0.3 is 24.3 Å². The number of nitrogens with one attached hydrogen (secondary N) is 1. The number of benzene rings is 2. The number of carbonyl (C=O) groups is 1. The molecule has 9 nitrogen and oxygen atoms in total. The van der Waals surface area contributed by atoms with Crippen LogP contribution in [-0.4, -0.2) is 42.2 Å². The lowest BCUT2D eigenvalue weighted by atomic mass is 10.1. The molecule has 0 bridgehead atoms. The van der Waals surface area contributed by atoms with Crippen LogP contribution in [0.4, 0.5) is 5.69 Å². The highest BCUT2D eigenvalue weighted by molar-refractivity contribution is 6.04. The largest absolute Gasteiger partial charge is 0.497 e. The first-order valence-electron chi connectivity index (χ1n) is 9.34. The summed E-state index contributed by atoms with van der Waals surface area (Å²) in [6.07, 6.45) is -0.178. The van der Waals surface area contributed by atoms with Crippen molar-refractivity contribution < 1.29 is 23.7 Å². The number of ether oxygens (including phenoxy) is 4. The van der Waals surface area contributed by atoms with E-state index in [4.69, 9.17) is 18.9 Å². The minimum absolute atomic E-state index is 0.178. The number of amides is 1. The molecule has 3 aromatic rings. The quantitative estimate of drug-likeness (QED) is 0.667. The number of hydrogen-bond acceptors (Lipinski definition) is 7. The maximum atomic E-state index is 12.8. The van der Waals surface area contributed by atoms with E-state index in [1.54, 1.807) is 37.1 Å². The van der Waals surface area contributed by atoms with E-state index in [-0.39, 0.29) is 24.3 Å². The maximum Gasteiger partial charge on any atom is 0.278 e. The predicted octanol–water partition coefficient (Wildman–Crippen LogP) is 2.83. The van der Waals surface area contributed by atoms with Gasteiger partial charge in [0.05, 0.1) is 45.9 Å². The zero-order valence-electron chi connectivity index (χ0n) is 16.9. The Morgan fingerprint density at radius 2 is 1.80 bits per heavy atom. The fourth-order valence-corrected chi connectivity index (χ4v) is 3.29. The first-order chi connectivity index (χ1) is 14.6. The first-order valence-corrected chi connectivity index (χ1v) is 9.34. The molecule has 1 atom stereocenters. The van der Waals surface area contributed by atoms with Gasteiger partial charge in [-0.15, -0.1) is 5.10 Å². The van der Waals surface area contributed by atoms with E-state index in [9.17, 15) is 4.79 Å². The summed E-state index contributed by atoms with van der Waals surface area (Å²) in [6.45, 7) is 0.694. The van der Waals surface area contributed by atoms with Crippen molar-refractivity contribution in [2.45, 2.75) is 19.3 Å². The molecule has 0 saturated carbocycles. The highest BCUT2D eigenvalue weighted by Gasteiger charge is 2.28. The normalized spacial score (nSPS) is 15.2. The fraction of sp³-hybridized carbons (Fsp3) is 0.286. The number of aromatic nitrogens is 3. The van der Waals surface area contributed by atoms with E-state index in [1.165, 1.54) is 7.11 Å². The second-order valence-corrected chi connectivity index (χ2v) is 6.66. The molecule has 1 aliphatic rings. The predicted molar refractivity (Wildman–Crippen MR) is 108 cm³/mol. The summed E-state index contributed by atoms with van der Waals surface area (Å²) >= 11 is 0. The Bertz CT molecular complexity index is 1050. The molecule has 9 heteroatoms. The number of nitrogens with zero attached hydrogens (tertiary/aromatic N) is 3. The second kappa shape index (κ2) is 8.42. The van der Waals surface area contributed by atoms with Crippen LogP contribution in [0.1, 0.15) is 27.8 Å². The third kappa shape index (κ3) is 3.79. The smallest absolute Gasteiger partial charge is 0.278 e. The van der Waals surface area contributed by atoms with Gasteiger partial charge in [-0.05, 0) is 29.8 Å². The van der Waals surface area contributed by atoms with Crippen molar-refractivity contribution >= 4 is 11.6 Å². The molecule has 0 unspecified atom stereocenters. The van der Waals surface area contributed by atoms with Crippen molar-refractivity contribution in [1.29, 1.82) is 0 Å². The van der Waals surface area contributed by atoms with Gasteiger partial charge in [0.1, 0.15) is 23.4 Å². The van der Waals surface area contributed by atoms with Gasteiger partial charge in [-0.25, -0.2) is 4.68 Å². The first kappa shape index (κ1) is 19.7. The molecule has 1 aromatic heterocycles. The van der Waals surface area contributed by atoms with Gasteiger partial charge in [0.25, 0.3) is 5.91 Å². The highest BCUT2D eigenvalue weighted by atomic mass is 16.5. The highest BCUT2D eigenvalue weighted by Crippen LogP contribution is 2.31. The van der Waals surface area contributed by atoms with Crippen LogP contribution in [0.5, 0.6) is 17.2 Å². The number of anilines is 1. The van der Waals surface area contributed by atoms with Crippen LogP contribution in [0, 0.1) is 0 Å². The Hall–Kier alpha value is -3.59. The van der Waals surface area contributed by atoms with Gasteiger partial charge in [0.15, 0.2) is 5.69 Å². The minimum Gasteiger partial charge on any atom is -0.497 e. The number of hydrogen-bond donors (Lipinski definition) is 1. The number of carbonyl (C=O) groups excluding carboxylic acids is 1. The Morgan fingerprint density at radius 3 is 2.50 bits per heavy atom. The van der Waals surface area contributed by atoms with Gasteiger partial charge in [-0.1, -0.05) is 17.3 Å². The van der Waals surface area contributed by atoms with E-state index in [2.05, 4.69) is 15.6 Å². The van der Waals surface area contributed by atoms with Crippen LogP contribution in [0.15, 0.2) is 42.5 Å². The van der Waals surface area contributed by atoms with Crippen molar-refractivity contribution in [3.05, 3.63) is 59.4 Å². The Balaban J connectivity index is 1.50. The summed E-state index contributed by atoms with van der Waals surface area (Å²) < 4.78 is 23.4. The Kier molecular flexibility index (Phi) is 5.53. The van der Waals surface area contributed by atoms with Crippen molar-refractivity contribution in [3.8, 4) is 17.2 Å². The van der Waals surface area contributed by atoms with Crippen LogP contribution in [0.2, 0.25) is 0 Å². The third-order valence-electron chi connectivity index (χ3n) is 4.96. The molecular formula is C21H22N4O5. The van der Waals surface area contributed by atoms with E-state index in [0.717, 1.165) is 11.3 Å². The van der Waals surface area contributed by atoms with Crippen LogP contribution < -0.4 is 19.5 Å². The summed E-state index contributed by atoms with van der Waals surface area (Å²) in [5, 5.41) is 11.0. The lowest BCUT2D eigenvalue weighted by molar-refractivity contribution is -0.00173. The van der Waals surface area contributed by atoms with Crippen LogP contribution in [0.25, 0.3) is 0 Å².